The molecule has 1 N–H and O–H groups in total. The Balaban J connectivity index is 1.53. The second-order valence-corrected chi connectivity index (χ2v) is 8.06. The Hall–Kier alpha value is -3.69. The fourth-order valence-electron chi connectivity index (χ4n) is 2.90. The number of halogens is 1. The van der Waals surface area contributed by atoms with Gasteiger partial charge in [0.15, 0.2) is 11.0 Å². The summed E-state index contributed by atoms with van der Waals surface area (Å²) in [6, 6.07) is 20.3. The molecule has 8 nitrogen and oxygen atoms in total. The van der Waals surface area contributed by atoms with Crippen LogP contribution in [-0.2, 0) is 4.79 Å². The van der Waals surface area contributed by atoms with Crippen LogP contribution in [0.1, 0.15) is 5.69 Å². The monoisotopic (exact) mass is 478 g/mol. The molecule has 0 saturated heterocycles. The number of hydrogen-bond acceptors (Lipinski definition) is 7. The second-order valence-electron chi connectivity index (χ2n) is 6.68. The third kappa shape index (κ3) is 5.76. The summed E-state index contributed by atoms with van der Waals surface area (Å²) in [7, 11) is 1.62. The number of nitrogens with one attached hydrogen (secondary N) is 1. The van der Waals surface area contributed by atoms with Crippen molar-refractivity contribution in [2.24, 2.45) is 5.10 Å². The normalized spacial score (nSPS) is 11.0. The van der Waals surface area contributed by atoms with Crippen molar-refractivity contribution in [3.8, 4) is 22.8 Å². The zero-order chi connectivity index (χ0) is 23.0. The van der Waals surface area contributed by atoms with Crippen molar-refractivity contribution >= 4 is 35.5 Å². The zero-order valence-corrected chi connectivity index (χ0v) is 19.1. The highest BCUT2D eigenvalue weighted by atomic mass is 35.5. The fourth-order valence-corrected chi connectivity index (χ4v) is 3.77. The Bertz CT molecular complexity index is 1240. The summed E-state index contributed by atoms with van der Waals surface area (Å²) in [4.78, 5) is 16.4. The predicted molar refractivity (Wildman–Crippen MR) is 129 cm³/mol. The number of rotatable bonds is 8. The van der Waals surface area contributed by atoms with Crippen molar-refractivity contribution in [1.29, 1.82) is 0 Å². The molecule has 166 valence electrons. The molecule has 1 amide bonds. The van der Waals surface area contributed by atoms with Crippen LogP contribution in [0.3, 0.4) is 0 Å². The summed E-state index contributed by atoms with van der Waals surface area (Å²) in [6.07, 6.45) is 3.14. The van der Waals surface area contributed by atoms with Crippen LogP contribution in [0, 0.1) is 0 Å². The highest BCUT2D eigenvalue weighted by Gasteiger charge is 2.17. The van der Waals surface area contributed by atoms with Gasteiger partial charge in [-0.05, 0) is 60.7 Å². The molecule has 4 aromatic rings. The van der Waals surface area contributed by atoms with Crippen molar-refractivity contribution in [2.75, 3.05) is 12.9 Å². The molecule has 2 aromatic heterocycles. The van der Waals surface area contributed by atoms with Crippen molar-refractivity contribution in [1.82, 2.24) is 25.2 Å². The summed E-state index contributed by atoms with van der Waals surface area (Å²) in [6.45, 7) is 0. The summed E-state index contributed by atoms with van der Waals surface area (Å²) in [5, 5.41) is 13.8. The highest BCUT2D eigenvalue weighted by molar-refractivity contribution is 7.99. The van der Waals surface area contributed by atoms with Gasteiger partial charge < -0.3 is 4.74 Å². The van der Waals surface area contributed by atoms with E-state index in [4.69, 9.17) is 16.3 Å². The molecule has 0 bridgehead atoms. The first-order valence-electron chi connectivity index (χ1n) is 9.85. The number of carbonyl (C=O) groups excluding carboxylic acids is 1. The van der Waals surface area contributed by atoms with E-state index in [1.807, 2.05) is 53.1 Å². The SMILES string of the molecule is COc1ccc(-c2nnc(SCC(=O)NN=Cc3ccccn3)n2-c2ccc(Cl)cc2)cc1. The maximum absolute atomic E-state index is 12.3. The van der Waals surface area contributed by atoms with Crippen LogP contribution in [0.4, 0.5) is 0 Å². The minimum atomic E-state index is -0.274. The standard InChI is InChI=1S/C23H19ClN6O2S/c1-32-20-11-5-16(6-12-20)22-28-29-23(30(22)19-9-7-17(24)8-10-19)33-15-21(31)27-26-14-18-4-2-3-13-25-18/h2-14H,15H2,1H3,(H,27,31). The van der Waals surface area contributed by atoms with Gasteiger partial charge in [0.25, 0.3) is 5.91 Å². The van der Waals surface area contributed by atoms with Crippen LogP contribution < -0.4 is 10.2 Å². The molecule has 0 fully saturated rings. The molecule has 0 aliphatic carbocycles. The summed E-state index contributed by atoms with van der Waals surface area (Å²) < 4.78 is 7.12. The largest absolute Gasteiger partial charge is 0.497 e. The molecular formula is C23H19ClN6O2S. The molecule has 0 unspecified atom stereocenters. The van der Waals surface area contributed by atoms with E-state index in [-0.39, 0.29) is 11.7 Å². The summed E-state index contributed by atoms with van der Waals surface area (Å²) in [5.74, 6) is 1.21. The van der Waals surface area contributed by atoms with Gasteiger partial charge in [0, 0.05) is 22.5 Å². The second kappa shape index (κ2) is 10.8. The van der Waals surface area contributed by atoms with Gasteiger partial charge in [-0.3, -0.25) is 14.3 Å². The Morgan fingerprint density at radius 1 is 1.12 bits per heavy atom. The van der Waals surface area contributed by atoms with E-state index in [1.54, 1.807) is 31.5 Å². The van der Waals surface area contributed by atoms with Gasteiger partial charge >= 0.3 is 0 Å². The van der Waals surface area contributed by atoms with Gasteiger partial charge in [0.05, 0.1) is 24.8 Å². The number of thioether (sulfide) groups is 1. The maximum atomic E-state index is 12.3. The number of hydrazone groups is 1. The molecular weight excluding hydrogens is 460 g/mol. The number of pyridine rings is 1. The molecule has 0 spiro atoms. The van der Waals surface area contributed by atoms with E-state index in [0.717, 1.165) is 17.0 Å². The minimum absolute atomic E-state index is 0.105. The van der Waals surface area contributed by atoms with Gasteiger partial charge in [0.1, 0.15) is 5.75 Å². The van der Waals surface area contributed by atoms with E-state index >= 15 is 0 Å². The van der Waals surface area contributed by atoms with Crippen LogP contribution in [0.25, 0.3) is 17.1 Å². The van der Waals surface area contributed by atoms with E-state index in [0.29, 0.717) is 21.7 Å². The summed E-state index contributed by atoms with van der Waals surface area (Å²) in [5.41, 5.74) is 4.83. The molecule has 0 radical (unpaired) electrons. The van der Waals surface area contributed by atoms with Crippen LogP contribution in [0.5, 0.6) is 5.75 Å². The molecule has 0 aliphatic heterocycles. The number of amides is 1. The molecule has 33 heavy (non-hydrogen) atoms. The van der Waals surface area contributed by atoms with Crippen LogP contribution in [0.15, 0.2) is 83.2 Å². The van der Waals surface area contributed by atoms with E-state index in [9.17, 15) is 4.79 Å². The maximum Gasteiger partial charge on any atom is 0.250 e. The first kappa shape index (κ1) is 22.5. The first-order chi connectivity index (χ1) is 16.1. The van der Waals surface area contributed by atoms with Crippen LogP contribution >= 0.6 is 23.4 Å². The average molecular weight is 479 g/mol. The highest BCUT2D eigenvalue weighted by Crippen LogP contribution is 2.29. The number of hydrogen-bond donors (Lipinski definition) is 1. The molecule has 10 heteroatoms. The predicted octanol–water partition coefficient (Wildman–Crippen LogP) is 4.23. The van der Waals surface area contributed by atoms with Gasteiger partial charge in [-0.25, -0.2) is 5.43 Å². The van der Waals surface area contributed by atoms with E-state index < -0.39 is 0 Å². The zero-order valence-electron chi connectivity index (χ0n) is 17.6. The smallest absolute Gasteiger partial charge is 0.250 e. The lowest BCUT2D eigenvalue weighted by Gasteiger charge is -2.11. The lowest BCUT2D eigenvalue weighted by atomic mass is 10.2. The van der Waals surface area contributed by atoms with Crippen molar-refractivity contribution in [3.05, 3.63) is 83.6 Å². The van der Waals surface area contributed by atoms with Crippen molar-refractivity contribution < 1.29 is 9.53 Å². The molecule has 4 rings (SSSR count). The van der Waals surface area contributed by atoms with Crippen molar-refractivity contribution in [3.63, 3.8) is 0 Å². The fraction of sp³-hybridized carbons (Fsp3) is 0.0870. The van der Waals surface area contributed by atoms with E-state index in [2.05, 4.69) is 25.7 Å². The Labute approximate surface area is 199 Å². The van der Waals surface area contributed by atoms with Crippen LogP contribution in [-0.4, -0.2) is 44.7 Å². The number of aromatic nitrogens is 4. The molecule has 0 saturated carbocycles. The molecule has 2 aromatic carbocycles. The van der Waals surface area contributed by atoms with Gasteiger partial charge in [-0.2, -0.15) is 5.10 Å². The third-order valence-corrected chi connectivity index (χ3v) is 5.65. The first-order valence-corrected chi connectivity index (χ1v) is 11.2. The average Bonchev–Trinajstić information content (AvgIpc) is 3.28. The Kier molecular flexibility index (Phi) is 7.33. The molecule has 0 atom stereocenters. The van der Waals surface area contributed by atoms with E-state index in [1.165, 1.54) is 18.0 Å². The number of nitrogens with zero attached hydrogens (tertiary/aromatic N) is 5. The molecule has 0 aliphatic rings. The topological polar surface area (TPSA) is 94.3 Å². The number of ether oxygens (including phenoxy) is 1. The third-order valence-electron chi connectivity index (χ3n) is 4.47. The Morgan fingerprint density at radius 3 is 2.61 bits per heavy atom. The number of methoxy groups -OCH3 is 1. The van der Waals surface area contributed by atoms with Crippen molar-refractivity contribution in [2.45, 2.75) is 5.16 Å². The van der Waals surface area contributed by atoms with Crippen LogP contribution in [0.2, 0.25) is 5.02 Å². The van der Waals surface area contributed by atoms with Gasteiger partial charge in [-0.1, -0.05) is 29.4 Å². The lowest BCUT2D eigenvalue weighted by molar-refractivity contribution is -0.118. The quantitative estimate of drug-likeness (QED) is 0.231. The summed E-state index contributed by atoms with van der Waals surface area (Å²) >= 11 is 7.32. The molecule has 2 heterocycles. The van der Waals surface area contributed by atoms with Gasteiger partial charge in [-0.15, -0.1) is 10.2 Å². The minimum Gasteiger partial charge on any atom is -0.497 e. The number of benzene rings is 2. The number of carbonyl (C=O) groups is 1. The van der Waals surface area contributed by atoms with Gasteiger partial charge in [0.2, 0.25) is 0 Å². The Morgan fingerprint density at radius 2 is 1.91 bits per heavy atom. The lowest BCUT2D eigenvalue weighted by Crippen LogP contribution is -2.20.